The lowest BCUT2D eigenvalue weighted by Gasteiger charge is -2.19. The highest BCUT2D eigenvalue weighted by Crippen LogP contribution is 2.20. The van der Waals surface area contributed by atoms with Crippen LogP contribution in [0.5, 0.6) is 0 Å². The summed E-state index contributed by atoms with van der Waals surface area (Å²) >= 11 is 0. The number of amides is 1. The molecule has 0 aliphatic carbocycles. The van der Waals surface area contributed by atoms with Gasteiger partial charge >= 0.3 is 5.97 Å². The molecule has 0 bridgehead atoms. The van der Waals surface area contributed by atoms with E-state index in [0.717, 1.165) is 27.5 Å². The van der Waals surface area contributed by atoms with Crippen molar-refractivity contribution in [2.24, 2.45) is 0 Å². The van der Waals surface area contributed by atoms with Crippen LogP contribution in [0.15, 0.2) is 60.7 Å². The quantitative estimate of drug-likeness (QED) is 0.700. The summed E-state index contributed by atoms with van der Waals surface area (Å²) in [6.45, 7) is 4.01. The molecule has 0 aromatic heterocycles. The van der Waals surface area contributed by atoms with Crippen LogP contribution in [0.1, 0.15) is 27.0 Å². The van der Waals surface area contributed by atoms with E-state index in [1.54, 1.807) is 6.07 Å². The summed E-state index contributed by atoms with van der Waals surface area (Å²) in [4.78, 5) is 25.3. The Morgan fingerprint density at radius 1 is 0.926 bits per heavy atom. The number of rotatable bonds is 5. The number of fused-ring (bicyclic) bond motifs is 1. The summed E-state index contributed by atoms with van der Waals surface area (Å²) in [5, 5.41) is 4.70. The van der Waals surface area contributed by atoms with E-state index < -0.39 is 12.0 Å². The maximum absolute atomic E-state index is 12.9. The van der Waals surface area contributed by atoms with Gasteiger partial charge in [0.25, 0.3) is 5.91 Å². The van der Waals surface area contributed by atoms with E-state index in [0.29, 0.717) is 12.0 Å². The van der Waals surface area contributed by atoms with E-state index >= 15 is 0 Å². The molecule has 0 aliphatic rings. The Labute approximate surface area is 159 Å². The molecule has 0 radical (unpaired) electrons. The van der Waals surface area contributed by atoms with E-state index in [2.05, 4.69) is 5.32 Å². The Morgan fingerprint density at radius 3 is 2.26 bits per heavy atom. The molecule has 0 saturated heterocycles. The van der Waals surface area contributed by atoms with Crippen molar-refractivity contribution in [3.63, 3.8) is 0 Å². The van der Waals surface area contributed by atoms with E-state index in [-0.39, 0.29) is 5.91 Å². The van der Waals surface area contributed by atoms with Crippen molar-refractivity contribution in [2.75, 3.05) is 7.11 Å². The highest BCUT2D eigenvalue weighted by Gasteiger charge is 2.24. The van der Waals surface area contributed by atoms with Crippen molar-refractivity contribution in [1.29, 1.82) is 0 Å². The summed E-state index contributed by atoms with van der Waals surface area (Å²) in [7, 11) is 1.34. The van der Waals surface area contributed by atoms with Gasteiger partial charge in [0.15, 0.2) is 0 Å². The number of hydrogen-bond acceptors (Lipinski definition) is 3. The first-order chi connectivity index (χ1) is 13.0. The molecule has 27 heavy (non-hydrogen) atoms. The number of nitrogens with one attached hydrogen (secondary N) is 1. The third kappa shape index (κ3) is 4.00. The van der Waals surface area contributed by atoms with Crippen LogP contribution in [0.25, 0.3) is 10.8 Å². The molecule has 0 aliphatic heterocycles. The Kier molecular flexibility index (Phi) is 5.55. The second-order valence-electron chi connectivity index (χ2n) is 6.65. The van der Waals surface area contributed by atoms with Crippen LogP contribution in [-0.2, 0) is 16.0 Å². The predicted molar refractivity (Wildman–Crippen MR) is 107 cm³/mol. The van der Waals surface area contributed by atoms with E-state index in [1.165, 1.54) is 7.11 Å². The number of carbonyl (C=O) groups is 2. The van der Waals surface area contributed by atoms with Crippen LogP contribution < -0.4 is 5.32 Å². The Balaban J connectivity index is 1.90. The van der Waals surface area contributed by atoms with Gasteiger partial charge in [0, 0.05) is 12.0 Å². The molecule has 3 aromatic rings. The average Bonchev–Trinajstić information content (AvgIpc) is 2.68. The largest absolute Gasteiger partial charge is 0.467 e. The van der Waals surface area contributed by atoms with Crippen molar-refractivity contribution in [1.82, 2.24) is 5.32 Å². The van der Waals surface area contributed by atoms with Gasteiger partial charge in [0.1, 0.15) is 6.04 Å². The van der Waals surface area contributed by atoms with Crippen molar-refractivity contribution in [3.8, 4) is 0 Å². The van der Waals surface area contributed by atoms with Gasteiger partial charge < -0.3 is 10.1 Å². The molecule has 0 unspecified atom stereocenters. The zero-order valence-corrected chi connectivity index (χ0v) is 15.8. The third-order valence-corrected chi connectivity index (χ3v) is 4.88. The fourth-order valence-electron chi connectivity index (χ4n) is 3.37. The zero-order chi connectivity index (χ0) is 19.4. The lowest BCUT2D eigenvalue weighted by atomic mass is 9.96. The van der Waals surface area contributed by atoms with Gasteiger partial charge in [0.05, 0.1) is 7.11 Å². The molecule has 0 saturated carbocycles. The van der Waals surface area contributed by atoms with Gasteiger partial charge in [-0.25, -0.2) is 4.79 Å². The Hall–Kier alpha value is -3.14. The number of esters is 1. The molecule has 138 valence electrons. The Morgan fingerprint density at radius 2 is 1.56 bits per heavy atom. The van der Waals surface area contributed by atoms with Gasteiger partial charge in [-0.05, 0) is 47.4 Å². The maximum atomic E-state index is 12.9. The van der Waals surface area contributed by atoms with Crippen molar-refractivity contribution < 1.29 is 14.3 Å². The smallest absolute Gasteiger partial charge is 0.328 e. The zero-order valence-electron chi connectivity index (χ0n) is 15.8. The SMILES string of the molecule is COC(=O)[C@H](Cc1c(C)cccc1C)NC(=O)c1cccc2ccccc12. The number of benzene rings is 3. The van der Waals surface area contributed by atoms with Crippen LogP contribution in [-0.4, -0.2) is 25.0 Å². The van der Waals surface area contributed by atoms with Crippen molar-refractivity contribution >= 4 is 22.6 Å². The molecule has 1 amide bonds. The number of ether oxygens (including phenoxy) is 1. The number of aryl methyl sites for hydroxylation is 2. The second-order valence-corrected chi connectivity index (χ2v) is 6.65. The lowest BCUT2D eigenvalue weighted by Crippen LogP contribution is -2.43. The number of hydrogen-bond donors (Lipinski definition) is 1. The molecule has 1 N–H and O–H groups in total. The number of methoxy groups -OCH3 is 1. The predicted octanol–water partition coefficient (Wildman–Crippen LogP) is 3.97. The summed E-state index contributed by atoms with van der Waals surface area (Å²) in [5.74, 6) is -0.736. The summed E-state index contributed by atoms with van der Waals surface area (Å²) < 4.78 is 4.93. The van der Waals surface area contributed by atoms with Crippen LogP contribution in [0.2, 0.25) is 0 Å². The minimum atomic E-state index is -0.749. The fourth-order valence-corrected chi connectivity index (χ4v) is 3.37. The fraction of sp³-hybridized carbons (Fsp3) is 0.217. The van der Waals surface area contributed by atoms with Gasteiger partial charge in [0.2, 0.25) is 0 Å². The molecule has 0 fully saturated rings. The standard InChI is InChI=1S/C23H23NO3/c1-15-8-6-9-16(2)20(15)14-21(23(26)27-3)24-22(25)19-13-7-11-17-10-4-5-12-18(17)19/h4-13,21H,14H2,1-3H3,(H,24,25)/t21-/m0/s1. The van der Waals surface area contributed by atoms with Crippen LogP contribution in [0.3, 0.4) is 0 Å². The molecule has 4 heteroatoms. The lowest BCUT2D eigenvalue weighted by molar-refractivity contribution is -0.142. The highest BCUT2D eigenvalue weighted by molar-refractivity contribution is 6.08. The summed E-state index contributed by atoms with van der Waals surface area (Å²) in [6, 6.07) is 18.5. The topological polar surface area (TPSA) is 55.4 Å². The molecule has 4 nitrogen and oxygen atoms in total. The second kappa shape index (κ2) is 8.04. The first kappa shape index (κ1) is 18.6. The third-order valence-electron chi connectivity index (χ3n) is 4.88. The van der Waals surface area contributed by atoms with Crippen molar-refractivity contribution in [3.05, 3.63) is 82.9 Å². The molecular formula is C23H23NO3. The van der Waals surface area contributed by atoms with Crippen molar-refractivity contribution in [2.45, 2.75) is 26.3 Å². The minimum absolute atomic E-state index is 0.284. The van der Waals surface area contributed by atoms with E-state index in [4.69, 9.17) is 4.74 Å². The molecule has 3 rings (SSSR count). The summed E-state index contributed by atoms with van der Waals surface area (Å²) in [6.07, 6.45) is 0.391. The monoisotopic (exact) mass is 361 g/mol. The molecule has 0 heterocycles. The Bertz CT molecular complexity index is 968. The highest BCUT2D eigenvalue weighted by atomic mass is 16.5. The maximum Gasteiger partial charge on any atom is 0.328 e. The van der Waals surface area contributed by atoms with Gasteiger partial charge in [-0.15, -0.1) is 0 Å². The summed E-state index contributed by atoms with van der Waals surface area (Å²) in [5.41, 5.74) is 3.77. The molecule has 3 aromatic carbocycles. The van der Waals surface area contributed by atoms with Crippen LogP contribution in [0, 0.1) is 13.8 Å². The van der Waals surface area contributed by atoms with Crippen LogP contribution in [0.4, 0.5) is 0 Å². The van der Waals surface area contributed by atoms with Gasteiger partial charge in [-0.1, -0.05) is 54.6 Å². The molecular weight excluding hydrogens is 338 g/mol. The van der Waals surface area contributed by atoms with E-state index in [9.17, 15) is 9.59 Å². The normalized spacial score (nSPS) is 11.8. The number of carbonyl (C=O) groups excluding carboxylic acids is 2. The van der Waals surface area contributed by atoms with Gasteiger partial charge in [-0.2, -0.15) is 0 Å². The first-order valence-electron chi connectivity index (χ1n) is 8.93. The van der Waals surface area contributed by atoms with Crippen LogP contribution >= 0.6 is 0 Å². The minimum Gasteiger partial charge on any atom is -0.467 e. The van der Waals surface area contributed by atoms with E-state index in [1.807, 2.05) is 68.4 Å². The molecule has 1 atom stereocenters. The molecule has 0 spiro atoms. The first-order valence-corrected chi connectivity index (χ1v) is 8.93. The van der Waals surface area contributed by atoms with Gasteiger partial charge in [-0.3, -0.25) is 4.79 Å². The average molecular weight is 361 g/mol.